The lowest BCUT2D eigenvalue weighted by Gasteiger charge is -2.15. The molecule has 1 saturated carbocycles. The summed E-state index contributed by atoms with van der Waals surface area (Å²) in [7, 11) is 0. The maximum Gasteiger partial charge on any atom is 0.255 e. The number of halogens is 1. The van der Waals surface area contributed by atoms with E-state index in [1.54, 1.807) is 24.3 Å². The van der Waals surface area contributed by atoms with Crippen molar-refractivity contribution in [3.63, 3.8) is 0 Å². The van der Waals surface area contributed by atoms with Crippen LogP contribution in [0.1, 0.15) is 35.2 Å². The van der Waals surface area contributed by atoms with Crippen molar-refractivity contribution in [2.45, 2.75) is 31.8 Å². The molecule has 0 radical (unpaired) electrons. The number of carbonyl (C=O) groups excluding carboxylic acids is 1. The summed E-state index contributed by atoms with van der Waals surface area (Å²) in [4.78, 5) is 15.0. The number of benzene rings is 2. The van der Waals surface area contributed by atoms with Gasteiger partial charge in [-0.15, -0.1) is 0 Å². The first-order chi connectivity index (χ1) is 13.2. The first-order valence-corrected chi connectivity index (χ1v) is 10.2. The van der Waals surface area contributed by atoms with E-state index in [9.17, 15) is 4.79 Å². The van der Waals surface area contributed by atoms with Gasteiger partial charge in [0.05, 0.1) is 0 Å². The average Bonchev–Trinajstić information content (AvgIpc) is 3.42. The molecule has 4 rings (SSSR count). The van der Waals surface area contributed by atoms with Crippen LogP contribution in [0, 0.1) is 5.92 Å². The largest absolute Gasteiger partial charge is 0.322 e. The normalized spacial score (nSPS) is 20.0. The fourth-order valence-electron chi connectivity index (χ4n) is 3.78. The number of hydrogen-bond donors (Lipinski definition) is 2. The standard InChI is InChI=1S/C22H26ClN3O/c23-19-6-4-18(5-7-19)22(27)25-20-3-1-2-16(12-20)13-24-14-17-10-11-26(15-17)21-8-9-21/h1-7,12,17,21,24H,8-11,13-15H2,(H,25,27). The van der Waals surface area contributed by atoms with Crippen LogP contribution in [0.2, 0.25) is 5.02 Å². The van der Waals surface area contributed by atoms with Crippen LogP contribution in [0.3, 0.4) is 0 Å². The molecule has 0 bridgehead atoms. The van der Waals surface area contributed by atoms with E-state index in [4.69, 9.17) is 11.6 Å². The van der Waals surface area contributed by atoms with Crippen molar-refractivity contribution in [1.82, 2.24) is 10.2 Å². The van der Waals surface area contributed by atoms with Gasteiger partial charge in [0.2, 0.25) is 0 Å². The zero-order chi connectivity index (χ0) is 18.6. The van der Waals surface area contributed by atoms with Crippen LogP contribution in [0.25, 0.3) is 0 Å². The highest BCUT2D eigenvalue weighted by atomic mass is 35.5. The van der Waals surface area contributed by atoms with Crippen LogP contribution < -0.4 is 10.6 Å². The van der Waals surface area contributed by atoms with Gasteiger partial charge in [0.1, 0.15) is 0 Å². The zero-order valence-electron chi connectivity index (χ0n) is 15.5. The summed E-state index contributed by atoms with van der Waals surface area (Å²) in [5.41, 5.74) is 2.60. The van der Waals surface area contributed by atoms with Crippen molar-refractivity contribution in [3.8, 4) is 0 Å². The van der Waals surface area contributed by atoms with Gasteiger partial charge in [-0.05, 0) is 80.2 Å². The van der Waals surface area contributed by atoms with E-state index in [1.807, 2.05) is 18.2 Å². The molecule has 1 heterocycles. The average molecular weight is 384 g/mol. The van der Waals surface area contributed by atoms with Gasteiger partial charge in [-0.1, -0.05) is 23.7 Å². The van der Waals surface area contributed by atoms with Crippen molar-refractivity contribution >= 4 is 23.2 Å². The van der Waals surface area contributed by atoms with Crippen LogP contribution in [-0.4, -0.2) is 36.5 Å². The summed E-state index contributed by atoms with van der Waals surface area (Å²) in [6.45, 7) is 4.40. The number of hydrogen-bond acceptors (Lipinski definition) is 3. The Balaban J connectivity index is 1.26. The van der Waals surface area contributed by atoms with Crippen LogP contribution >= 0.6 is 11.6 Å². The molecule has 1 aliphatic carbocycles. The molecule has 1 atom stereocenters. The molecule has 0 spiro atoms. The lowest BCUT2D eigenvalue weighted by atomic mass is 10.1. The monoisotopic (exact) mass is 383 g/mol. The maximum atomic E-state index is 12.3. The van der Waals surface area contributed by atoms with E-state index in [2.05, 4.69) is 21.6 Å². The number of nitrogens with zero attached hydrogens (tertiary/aromatic N) is 1. The van der Waals surface area contributed by atoms with Crippen LogP contribution in [0.15, 0.2) is 48.5 Å². The summed E-state index contributed by atoms with van der Waals surface area (Å²) in [5.74, 6) is 0.640. The van der Waals surface area contributed by atoms with E-state index in [1.165, 1.54) is 37.9 Å². The Kier molecular flexibility index (Phi) is 5.77. The third kappa shape index (κ3) is 5.10. The minimum absolute atomic E-state index is 0.122. The lowest BCUT2D eigenvalue weighted by molar-refractivity contribution is 0.102. The molecular weight excluding hydrogens is 358 g/mol. The van der Waals surface area contributed by atoms with Gasteiger partial charge in [-0.3, -0.25) is 4.79 Å². The molecule has 2 aliphatic rings. The van der Waals surface area contributed by atoms with Crippen molar-refractivity contribution < 1.29 is 4.79 Å². The van der Waals surface area contributed by atoms with Crippen molar-refractivity contribution in [2.75, 3.05) is 25.0 Å². The summed E-state index contributed by atoms with van der Waals surface area (Å²) in [6, 6.07) is 15.8. The highest BCUT2D eigenvalue weighted by Crippen LogP contribution is 2.31. The minimum atomic E-state index is -0.122. The SMILES string of the molecule is O=C(Nc1cccc(CNCC2CCN(C3CC3)C2)c1)c1ccc(Cl)cc1. The zero-order valence-corrected chi connectivity index (χ0v) is 16.2. The van der Waals surface area contributed by atoms with Gasteiger partial charge in [-0.25, -0.2) is 0 Å². The second-order valence-electron chi connectivity index (χ2n) is 7.67. The Labute approximate surface area is 165 Å². The fraction of sp³-hybridized carbons (Fsp3) is 0.409. The fourth-order valence-corrected chi connectivity index (χ4v) is 3.91. The third-order valence-electron chi connectivity index (χ3n) is 5.43. The van der Waals surface area contributed by atoms with E-state index in [0.29, 0.717) is 10.6 Å². The van der Waals surface area contributed by atoms with Gasteiger partial charge < -0.3 is 15.5 Å². The molecule has 142 valence electrons. The molecule has 5 heteroatoms. The van der Waals surface area contributed by atoms with Crippen molar-refractivity contribution in [2.24, 2.45) is 5.92 Å². The smallest absolute Gasteiger partial charge is 0.255 e. The molecular formula is C22H26ClN3O. The quantitative estimate of drug-likeness (QED) is 0.754. The molecule has 2 aromatic carbocycles. The van der Waals surface area contributed by atoms with E-state index < -0.39 is 0 Å². The molecule has 0 aromatic heterocycles. The molecule has 2 fully saturated rings. The molecule has 1 amide bonds. The Morgan fingerprint density at radius 3 is 2.70 bits per heavy atom. The highest BCUT2D eigenvalue weighted by Gasteiger charge is 2.33. The first-order valence-electron chi connectivity index (χ1n) is 9.78. The number of anilines is 1. The number of nitrogens with one attached hydrogen (secondary N) is 2. The first kappa shape index (κ1) is 18.5. The van der Waals surface area contributed by atoms with Gasteiger partial charge in [0.15, 0.2) is 0 Å². The molecule has 1 aliphatic heterocycles. The second-order valence-corrected chi connectivity index (χ2v) is 8.11. The minimum Gasteiger partial charge on any atom is -0.322 e. The van der Waals surface area contributed by atoms with Crippen molar-refractivity contribution in [1.29, 1.82) is 0 Å². The highest BCUT2D eigenvalue weighted by molar-refractivity contribution is 6.30. The summed E-state index contributed by atoms with van der Waals surface area (Å²) >= 11 is 5.88. The molecule has 4 nitrogen and oxygen atoms in total. The summed E-state index contributed by atoms with van der Waals surface area (Å²) in [6.07, 6.45) is 4.10. The summed E-state index contributed by atoms with van der Waals surface area (Å²) in [5, 5.41) is 7.17. The Hall–Kier alpha value is -1.88. The van der Waals surface area contributed by atoms with Crippen LogP contribution in [0.5, 0.6) is 0 Å². The van der Waals surface area contributed by atoms with Crippen molar-refractivity contribution in [3.05, 3.63) is 64.7 Å². The van der Waals surface area contributed by atoms with E-state index in [0.717, 1.165) is 30.7 Å². The number of carbonyl (C=O) groups is 1. The Morgan fingerprint density at radius 1 is 1.11 bits per heavy atom. The molecule has 27 heavy (non-hydrogen) atoms. The second kappa shape index (κ2) is 8.42. The number of rotatable bonds is 7. The predicted molar refractivity (Wildman–Crippen MR) is 110 cm³/mol. The van der Waals surface area contributed by atoms with Crippen LogP contribution in [0.4, 0.5) is 5.69 Å². The third-order valence-corrected chi connectivity index (χ3v) is 5.69. The summed E-state index contributed by atoms with van der Waals surface area (Å²) < 4.78 is 0. The Bertz CT molecular complexity index is 788. The number of amides is 1. The predicted octanol–water partition coefficient (Wildman–Crippen LogP) is 4.17. The lowest BCUT2D eigenvalue weighted by Crippen LogP contribution is -2.27. The van der Waals surface area contributed by atoms with Gasteiger partial charge in [0.25, 0.3) is 5.91 Å². The molecule has 1 saturated heterocycles. The molecule has 2 N–H and O–H groups in total. The van der Waals surface area contributed by atoms with E-state index in [-0.39, 0.29) is 5.91 Å². The Morgan fingerprint density at radius 2 is 1.93 bits per heavy atom. The van der Waals surface area contributed by atoms with Gasteiger partial charge in [-0.2, -0.15) is 0 Å². The molecule has 2 aromatic rings. The topological polar surface area (TPSA) is 44.4 Å². The molecule has 1 unspecified atom stereocenters. The maximum absolute atomic E-state index is 12.3. The van der Waals surface area contributed by atoms with Gasteiger partial charge in [0, 0.05) is 35.4 Å². The van der Waals surface area contributed by atoms with Crippen LogP contribution in [-0.2, 0) is 6.54 Å². The van der Waals surface area contributed by atoms with E-state index >= 15 is 0 Å². The number of likely N-dealkylation sites (tertiary alicyclic amines) is 1. The van der Waals surface area contributed by atoms with Gasteiger partial charge >= 0.3 is 0 Å².